The van der Waals surface area contributed by atoms with Crippen LogP contribution in [0.1, 0.15) is 65.2 Å². The fourth-order valence-corrected chi connectivity index (χ4v) is 3.35. The fraction of sp³-hybridized carbons (Fsp3) is 0.731. The zero-order chi connectivity index (χ0) is 31.9. The van der Waals surface area contributed by atoms with Crippen LogP contribution in [0.15, 0.2) is 0 Å². The molecule has 240 valence electrons. The standard InChI is InChI=1S/C26H45N5O11/c1-3-21(33)29-12-13-41-14-15-42-16-24(36)31-20(26(39)40)8-10-23(35)30-19(25(37)38)7-9-22(34)28-11-5-4-6-18(27)17(2)32/h18-20H,3-16,27H2,1-2H3,(H,28,34)(H,29,33)(H,30,35)(H,31,36)(H,37,38)(H,39,40)/t18?,19-,20-/m0/s1. The number of unbranched alkanes of at least 4 members (excludes halogenated alkanes) is 1. The number of nitrogens with one attached hydrogen (secondary N) is 4. The number of carboxylic acid groups (broad SMARTS) is 2. The number of aliphatic carboxylic acids is 2. The van der Waals surface area contributed by atoms with Crippen LogP contribution in [-0.2, 0) is 43.0 Å². The van der Waals surface area contributed by atoms with Gasteiger partial charge in [0.1, 0.15) is 24.5 Å². The summed E-state index contributed by atoms with van der Waals surface area (Å²) in [6.07, 6.45) is 1.04. The third kappa shape index (κ3) is 20.3. The number of carboxylic acids is 2. The molecule has 1 unspecified atom stereocenters. The Hall–Kier alpha value is -3.63. The van der Waals surface area contributed by atoms with Crippen LogP contribution >= 0.6 is 0 Å². The van der Waals surface area contributed by atoms with Gasteiger partial charge < -0.3 is 46.7 Å². The van der Waals surface area contributed by atoms with E-state index in [1.165, 1.54) is 6.92 Å². The van der Waals surface area contributed by atoms with Crippen molar-refractivity contribution in [2.75, 3.05) is 39.5 Å². The maximum Gasteiger partial charge on any atom is 0.326 e. The Morgan fingerprint density at radius 3 is 1.81 bits per heavy atom. The van der Waals surface area contributed by atoms with Crippen molar-refractivity contribution in [1.29, 1.82) is 0 Å². The molecule has 8 N–H and O–H groups in total. The summed E-state index contributed by atoms with van der Waals surface area (Å²) in [4.78, 5) is 81.5. The molecule has 4 amide bonds. The fourth-order valence-electron chi connectivity index (χ4n) is 3.35. The molecule has 0 radical (unpaired) electrons. The number of amides is 4. The first kappa shape index (κ1) is 38.4. The molecule has 16 heteroatoms. The zero-order valence-electron chi connectivity index (χ0n) is 24.3. The number of carbonyl (C=O) groups excluding carboxylic acids is 5. The first-order valence-corrected chi connectivity index (χ1v) is 13.9. The van der Waals surface area contributed by atoms with Crippen LogP contribution in [-0.4, -0.2) is 109 Å². The first-order chi connectivity index (χ1) is 19.9. The Kier molecular flexibility index (Phi) is 21.0. The van der Waals surface area contributed by atoms with Gasteiger partial charge in [-0.3, -0.25) is 24.0 Å². The van der Waals surface area contributed by atoms with E-state index >= 15 is 0 Å². The molecular formula is C26H45N5O11. The van der Waals surface area contributed by atoms with Crippen molar-refractivity contribution in [3.05, 3.63) is 0 Å². The summed E-state index contributed by atoms with van der Waals surface area (Å²) in [5.41, 5.74) is 5.64. The van der Waals surface area contributed by atoms with Crippen LogP contribution in [0.4, 0.5) is 0 Å². The SMILES string of the molecule is CCC(=O)NCCOCCOCC(=O)N[C@@H](CCC(=O)N[C@@H](CCC(=O)NCCCCC(N)C(C)=O)C(=O)O)C(=O)O. The average Bonchev–Trinajstić information content (AvgIpc) is 2.93. The summed E-state index contributed by atoms with van der Waals surface area (Å²) in [7, 11) is 0. The lowest BCUT2D eigenvalue weighted by Gasteiger charge is -2.17. The second-order valence-corrected chi connectivity index (χ2v) is 9.43. The van der Waals surface area contributed by atoms with Crippen LogP contribution in [0.3, 0.4) is 0 Å². The summed E-state index contributed by atoms with van der Waals surface area (Å²) in [6.45, 7) is 3.83. The Morgan fingerprint density at radius 1 is 0.690 bits per heavy atom. The summed E-state index contributed by atoms with van der Waals surface area (Å²) in [5, 5.41) is 28.5. The van der Waals surface area contributed by atoms with Crippen molar-refractivity contribution in [2.45, 2.75) is 83.3 Å². The molecule has 0 aromatic rings. The number of carbonyl (C=O) groups is 7. The highest BCUT2D eigenvalue weighted by Gasteiger charge is 2.24. The average molecular weight is 604 g/mol. The number of ketones is 1. The maximum atomic E-state index is 12.3. The molecular weight excluding hydrogens is 558 g/mol. The predicted molar refractivity (Wildman–Crippen MR) is 148 cm³/mol. The smallest absolute Gasteiger partial charge is 0.326 e. The van der Waals surface area contributed by atoms with Crippen molar-refractivity contribution in [3.63, 3.8) is 0 Å². The monoisotopic (exact) mass is 603 g/mol. The summed E-state index contributed by atoms with van der Waals surface area (Å²) in [6, 6.07) is -3.32. The number of Topliss-reactive ketones (excluding diaryl/α,β-unsaturated/α-hetero) is 1. The van der Waals surface area contributed by atoms with Crippen molar-refractivity contribution in [2.24, 2.45) is 5.73 Å². The normalized spacial score (nSPS) is 12.8. The summed E-state index contributed by atoms with van der Waals surface area (Å²) in [5.74, 6) is -4.85. The van der Waals surface area contributed by atoms with Gasteiger partial charge in [-0.15, -0.1) is 0 Å². The lowest BCUT2D eigenvalue weighted by Crippen LogP contribution is -2.45. The van der Waals surface area contributed by atoms with Crippen LogP contribution in [0.5, 0.6) is 0 Å². The lowest BCUT2D eigenvalue weighted by atomic mass is 10.1. The van der Waals surface area contributed by atoms with Gasteiger partial charge in [0.05, 0.1) is 25.9 Å². The van der Waals surface area contributed by atoms with E-state index in [1.54, 1.807) is 6.92 Å². The van der Waals surface area contributed by atoms with Gasteiger partial charge in [0.25, 0.3) is 0 Å². The second-order valence-electron chi connectivity index (χ2n) is 9.43. The number of hydrogen-bond donors (Lipinski definition) is 7. The number of ether oxygens (including phenoxy) is 2. The van der Waals surface area contributed by atoms with Crippen molar-refractivity contribution in [3.8, 4) is 0 Å². The number of hydrogen-bond acceptors (Lipinski definition) is 10. The van der Waals surface area contributed by atoms with E-state index in [4.69, 9.17) is 15.2 Å². The summed E-state index contributed by atoms with van der Waals surface area (Å²) >= 11 is 0. The van der Waals surface area contributed by atoms with Gasteiger partial charge >= 0.3 is 11.9 Å². The summed E-state index contributed by atoms with van der Waals surface area (Å²) < 4.78 is 10.3. The lowest BCUT2D eigenvalue weighted by molar-refractivity contribution is -0.144. The van der Waals surface area contributed by atoms with Gasteiger partial charge in [0.2, 0.25) is 23.6 Å². The largest absolute Gasteiger partial charge is 0.480 e. The second kappa shape index (κ2) is 23.0. The highest BCUT2D eigenvalue weighted by Crippen LogP contribution is 2.04. The Balaban J connectivity index is 4.31. The third-order valence-electron chi connectivity index (χ3n) is 5.87. The molecule has 0 aromatic heterocycles. The highest BCUT2D eigenvalue weighted by molar-refractivity contribution is 5.86. The Labute approximate surface area is 244 Å². The molecule has 0 aliphatic carbocycles. The topological polar surface area (TPSA) is 253 Å². The van der Waals surface area contributed by atoms with Gasteiger partial charge in [-0.05, 0) is 39.0 Å². The highest BCUT2D eigenvalue weighted by atomic mass is 16.5. The zero-order valence-corrected chi connectivity index (χ0v) is 24.3. The van der Waals surface area contributed by atoms with E-state index in [0.29, 0.717) is 38.8 Å². The minimum absolute atomic E-state index is 0.0553. The first-order valence-electron chi connectivity index (χ1n) is 13.9. The molecule has 0 aliphatic heterocycles. The van der Waals surface area contributed by atoms with Crippen molar-refractivity contribution in [1.82, 2.24) is 21.3 Å². The van der Waals surface area contributed by atoms with Crippen LogP contribution in [0, 0.1) is 0 Å². The molecule has 0 heterocycles. The third-order valence-corrected chi connectivity index (χ3v) is 5.87. The molecule has 0 rings (SSSR count). The minimum atomic E-state index is -1.41. The molecule has 0 aliphatic rings. The quantitative estimate of drug-likeness (QED) is 0.0586. The Bertz CT molecular complexity index is 900. The molecule has 16 nitrogen and oxygen atoms in total. The van der Waals surface area contributed by atoms with E-state index in [0.717, 1.165) is 0 Å². The van der Waals surface area contributed by atoms with Gasteiger partial charge in [0.15, 0.2) is 0 Å². The molecule has 42 heavy (non-hydrogen) atoms. The van der Waals surface area contributed by atoms with Gasteiger partial charge in [-0.1, -0.05) is 6.92 Å². The van der Waals surface area contributed by atoms with Crippen LogP contribution in [0.2, 0.25) is 0 Å². The molecule has 0 aromatic carbocycles. The van der Waals surface area contributed by atoms with Gasteiger partial charge in [-0.2, -0.15) is 0 Å². The molecule has 0 spiro atoms. The van der Waals surface area contributed by atoms with Crippen LogP contribution < -0.4 is 27.0 Å². The van der Waals surface area contributed by atoms with E-state index < -0.39 is 54.4 Å². The molecule has 0 saturated carbocycles. The molecule has 0 bridgehead atoms. The Morgan fingerprint density at radius 2 is 1.24 bits per heavy atom. The predicted octanol–water partition coefficient (Wildman–Crippen LogP) is -1.55. The number of rotatable bonds is 25. The number of nitrogens with two attached hydrogens (primary N) is 1. The van der Waals surface area contributed by atoms with E-state index in [9.17, 15) is 43.8 Å². The van der Waals surface area contributed by atoms with Crippen molar-refractivity contribution < 1.29 is 53.2 Å². The minimum Gasteiger partial charge on any atom is -0.480 e. The maximum absolute atomic E-state index is 12.3. The van der Waals surface area contributed by atoms with E-state index in [1.807, 2.05) is 0 Å². The molecule has 0 fully saturated rings. The van der Waals surface area contributed by atoms with Gasteiger partial charge in [-0.25, -0.2) is 9.59 Å². The van der Waals surface area contributed by atoms with Crippen molar-refractivity contribution >= 4 is 41.4 Å². The van der Waals surface area contributed by atoms with Crippen LogP contribution in [0.25, 0.3) is 0 Å². The van der Waals surface area contributed by atoms with Gasteiger partial charge in [0, 0.05) is 32.4 Å². The molecule has 3 atom stereocenters. The van der Waals surface area contributed by atoms with E-state index in [-0.39, 0.29) is 57.2 Å². The molecule has 0 saturated heterocycles. The van der Waals surface area contributed by atoms with E-state index in [2.05, 4.69) is 21.3 Å².